The highest BCUT2D eigenvalue weighted by atomic mass is 32.2. The summed E-state index contributed by atoms with van der Waals surface area (Å²) in [5.41, 5.74) is 1.15. The quantitative estimate of drug-likeness (QED) is 0.943. The Morgan fingerprint density at radius 3 is 2.89 bits per heavy atom. The Hall–Kier alpha value is -0.170. The molecule has 2 aromatic rings. The van der Waals surface area contributed by atoms with E-state index in [4.69, 9.17) is 0 Å². The molecule has 2 aromatic heterocycles. The second kappa shape index (κ2) is 5.86. The van der Waals surface area contributed by atoms with Gasteiger partial charge in [-0.1, -0.05) is 0 Å². The second-order valence-corrected chi connectivity index (χ2v) is 7.67. The molecule has 6 heteroatoms. The first-order chi connectivity index (χ1) is 8.83. The first kappa shape index (κ1) is 12.8. The molecule has 3 rings (SSSR count). The predicted octanol–water partition coefficient (Wildman–Crippen LogP) is 2.90. The first-order valence-corrected chi connectivity index (χ1v) is 9.35. The third kappa shape index (κ3) is 2.87. The molecule has 18 heavy (non-hydrogen) atoms. The van der Waals surface area contributed by atoms with Crippen LogP contribution in [0.3, 0.4) is 0 Å². The van der Waals surface area contributed by atoms with Crippen LogP contribution in [-0.2, 0) is 0 Å². The van der Waals surface area contributed by atoms with E-state index in [-0.39, 0.29) is 0 Å². The van der Waals surface area contributed by atoms with E-state index in [1.165, 1.54) is 23.0 Å². The van der Waals surface area contributed by atoms with Gasteiger partial charge in [0.15, 0.2) is 4.96 Å². The minimum absolute atomic E-state index is 0.335. The predicted molar refractivity (Wildman–Crippen MR) is 83.1 cm³/mol. The van der Waals surface area contributed by atoms with E-state index in [9.17, 15) is 0 Å². The second-order valence-electron chi connectivity index (χ2n) is 4.49. The summed E-state index contributed by atoms with van der Waals surface area (Å²) in [5, 5.41) is 5.79. The molecule has 0 saturated carbocycles. The van der Waals surface area contributed by atoms with E-state index in [2.05, 4.69) is 62.9 Å². The lowest BCUT2D eigenvalue weighted by atomic mass is 10.2. The summed E-state index contributed by atoms with van der Waals surface area (Å²) >= 11 is 5.81. The number of hydrogen-bond donors (Lipinski definition) is 1. The van der Waals surface area contributed by atoms with Crippen LogP contribution in [-0.4, -0.2) is 38.4 Å². The number of thioether (sulfide) groups is 2. The summed E-state index contributed by atoms with van der Waals surface area (Å²) in [6, 6.07) is 0.943. The van der Waals surface area contributed by atoms with E-state index >= 15 is 0 Å². The minimum atomic E-state index is 0.335. The van der Waals surface area contributed by atoms with E-state index in [1.807, 2.05) is 0 Å². The van der Waals surface area contributed by atoms with E-state index < -0.39 is 0 Å². The Balaban J connectivity index is 1.66. The molecule has 1 atom stereocenters. The summed E-state index contributed by atoms with van der Waals surface area (Å²) in [6.07, 6.45) is 4.21. The maximum Gasteiger partial charge on any atom is 0.193 e. The van der Waals surface area contributed by atoms with Gasteiger partial charge in [0.2, 0.25) is 0 Å². The topological polar surface area (TPSA) is 29.3 Å². The summed E-state index contributed by atoms with van der Waals surface area (Å²) in [7, 11) is 0. The van der Waals surface area contributed by atoms with Crippen molar-refractivity contribution in [2.75, 3.05) is 23.0 Å². The van der Waals surface area contributed by atoms with Gasteiger partial charge in [-0.2, -0.15) is 23.5 Å². The third-order valence-electron chi connectivity index (χ3n) is 3.05. The monoisotopic (exact) mass is 299 g/mol. The molecule has 3 heterocycles. The molecule has 98 valence electrons. The molecule has 0 bridgehead atoms. The molecule has 3 nitrogen and oxygen atoms in total. The van der Waals surface area contributed by atoms with Crippen LogP contribution >= 0.6 is 34.9 Å². The standard InChI is InChI=1S/C12H17N3S3/c1-9(13-10-7-16-4-5-17-8-10)11-6-15-2-3-18-12(15)14-11/h2-3,6,9-10,13H,4-5,7-8H2,1H3. The Kier molecular flexibility index (Phi) is 4.18. The summed E-state index contributed by atoms with van der Waals surface area (Å²) in [5.74, 6) is 5.02. The van der Waals surface area contributed by atoms with Gasteiger partial charge in [0.05, 0.1) is 5.69 Å². The minimum Gasteiger partial charge on any atom is -0.304 e. The zero-order valence-corrected chi connectivity index (χ0v) is 12.8. The number of rotatable bonds is 3. The van der Waals surface area contributed by atoms with Crippen molar-refractivity contribution in [3.63, 3.8) is 0 Å². The number of thiazole rings is 1. The molecule has 1 aliphatic rings. The van der Waals surface area contributed by atoms with Gasteiger partial charge >= 0.3 is 0 Å². The zero-order valence-electron chi connectivity index (χ0n) is 10.3. The summed E-state index contributed by atoms with van der Waals surface area (Å²) in [4.78, 5) is 5.75. The lowest BCUT2D eigenvalue weighted by molar-refractivity contribution is 0.509. The van der Waals surface area contributed by atoms with Crippen molar-refractivity contribution in [2.45, 2.75) is 19.0 Å². The molecular formula is C12H17N3S3. The molecule has 0 amide bonds. The van der Waals surface area contributed by atoms with Crippen molar-refractivity contribution in [1.29, 1.82) is 0 Å². The molecular weight excluding hydrogens is 282 g/mol. The smallest absolute Gasteiger partial charge is 0.193 e. The molecule has 1 N–H and O–H groups in total. The van der Waals surface area contributed by atoms with Gasteiger partial charge in [0.25, 0.3) is 0 Å². The van der Waals surface area contributed by atoms with Crippen molar-refractivity contribution in [2.24, 2.45) is 0 Å². The fraction of sp³-hybridized carbons (Fsp3) is 0.583. The van der Waals surface area contributed by atoms with Gasteiger partial charge in [-0.3, -0.25) is 4.40 Å². The SMILES string of the molecule is CC(NC1CSCCSC1)c1cn2ccsc2n1. The molecule has 0 aromatic carbocycles. The van der Waals surface area contributed by atoms with E-state index in [0.717, 1.165) is 10.7 Å². The average Bonchev–Trinajstić information content (AvgIpc) is 2.85. The fourth-order valence-electron chi connectivity index (χ4n) is 2.11. The van der Waals surface area contributed by atoms with Crippen molar-refractivity contribution in [3.05, 3.63) is 23.5 Å². The van der Waals surface area contributed by atoms with Crippen LogP contribution in [0.5, 0.6) is 0 Å². The fourth-order valence-corrected chi connectivity index (χ4v) is 5.24. The average molecular weight is 299 g/mol. The van der Waals surface area contributed by atoms with Crippen molar-refractivity contribution in [3.8, 4) is 0 Å². The summed E-state index contributed by atoms with van der Waals surface area (Å²) in [6.45, 7) is 2.21. The normalized spacial score (nSPS) is 20.1. The molecule has 0 spiro atoms. The number of aromatic nitrogens is 2. The molecule has 1 fully saturated rings. The Morgan fingerprint density at radius 1 is 1.39 bits per heavy atom. The van der Waals surface area contributed by atoms with Crippen LogP contribution in [0.25, 0.3) is 4.96 Å². The van der Waals surface area contributed by atoms with Gasteiger partial charge < -0.3 is 5.32 Å². The molecule has 0 aliphatic carbocycles. The van der Waals surface area contributed by atoms with E-state index in [0.29, 0.717) is 12.1 Å². The van der Waals surface area contributed by atoms with E-state index in [1.54, 1.807) is 11.3 Å². The van der Waals surface area contributed by atoms with Gasteiger partial charge in [0.1, 0.15) is 0 Å². The van der Waals surface area contributed by atoms with Crippen molar-refractivity contribution < 1.29 is 0 Å². The van der Waals surface area contributed by atoms with Crippen LogP contribution in [0.4, 0.5) is 0 Å². The van der Waals surface area contributed by atoms with Crippen molar-refractivity contribution in [1.82, 2.24) is 14.7 Å². The van der Waals surface area contributed by atoms with Gasteiger partial charge in [-0.05, 0) is 6.92 Å². The van der Waals surface area contributed by atoms with Crippen LogP contribution in [0.1, 0.15) is 18.7 Å². The first-order valence-electron chi connectivity index (χ1n) is 6.16. The maximum atomic E-state index is 4.67. The Bertz CT molecular complexity index is 471. The molecule has 1 aliphatic heterocycles. The van der Waals surface area contributed by atoms with Crippen LogP contribution in [0, 0.1) is 0 Å². The highest BCUT2D eigenvalue weighted by Crippen LogP contribution is 2.21. The highest BCUT2D eigenvalue weighted by molar-refractivity contribution is 8.03. The molecule has 0 radical (unpaired) electrons. The molecule has 1 saturated heterocycles. The summed E-state index contributed by atoms with van der Waals surface area (Å²) < 4.78 is 2.11. The number of fused-ring (bicyclic) bond motifs is 1. The van der Waals surface area contributed by atoms with Gasteiger partial charge in [-0.15, -0.1) is 11.3 Å². The van der Waals surface area contributed by atoms with Crippen LogP contribution < -0.4 is 5.32 Å². The Labute approximate surface area is 120 Å². The number of imidazole rings is 1. The van der Waals surface area contributed by atoms with Crippen molar-refractivity contribution >= 4 is 39.8 Å². The Morgan fingerprint density at radius 2 is 2.17 bits per heavy atom. The number of hydrogen-bond acceptors (Lipinski definition) is 5. The maximum absolute atomic E-state index is 4.67. The zero-order chi connectivity index (χ0) is 12.4. The van der Waals surface area contributed by atoms with Gasteiger partial charge in [-0.25, -0.2) is 4.98 Å². The van der Waals surface area contributed by atoms with Gasteiger partial charge in [0, 0.05) is 52.9 Å². The third-order valence-corrected chi connectivity index (χ3v) is 6.34. The number of nitrogens with one attached hydrogen (secondary N) is 1. The largest absolute Gasteiger partial charge is 0.304 e. The highest BCUT2D eigenvalue weighted by Gasteiger charge is 2.17. The molecule has 1 unspecified atom stereocenters. The lowest BCUT2D eigenvalue weighted by Gasteiger charge is -2.19. The van der Waals surface area contributed by atoms with Crippen LogP contribution in [0.15, 0.2) is 17.8 Å². The number of nitrogens with zero attached hydrogens (tertiary/aromatic N) is 2. The van der Waals surface area contributed by atoms with Crippen LogP contribution in [0.2, 0.25) is 0 Å². The lowest BCUT2D eigenvalue weighted by Crippen LogP contribution is -2.35.